The van der Waals surface area contributed by atoms with Crippen LogP contribution in [0.3, 0.4) is 0 Å². The van der Waals surface area contributed by atoms with Crippen LogP contribution in [-0.2, 0) is 6.67 Å². The van der Waals surface area contributed by atoms with E-state index in [1.54, 1.807) is 12.0 Å². The van der Waals surface area contributed by atoms with Crippen molar-refractivity contribution < 1.29 is 14.1 Å². The van der Waals surface area contributed by atoms with Gasteiger partial charge in [-0.25, -0.2) is 0 Å². The third-order valence-corrected chi connectivity index (χ3v) is 4.96. The number of piperidine rings is 1. The summed E-state index contributed by atoms with van der Waals surface area (Å²) in [4.78, 5) is 2.01. The van der Waals surface area contributed by atoms with Crippen LogP contribution in [0.5, 0.6) is 5.75 Å². The van der Waals surface area contributed by atoms with Gasteiger partial charge in [-0.15, -0.1) is 5.10 Å². The van der Waals surface area contributed by atoms with Gasteiger partial charge in [0.15, 0.2) is 6.67 Å². The number of nitrogens with one attached hydrogen (secondary N) is 1. The van der Waals surface area contributed by atoms with Crippen molar-refractivity contribution in [1.29, 1.82) is 0 Å². The summed E-state index contributed by atoms with van der Waals surface area (Å²) in [6.45, 7) is 4.24. The molecule has 124 valence electrons. The number of likely N-dealkylation sites (tertiary alicyclic amines) is 1. The molecule has 2 heterocycles. The number of quaternary nitrogens is 1. The van der Waals surface area contributed by atoms with Crippen LogP contribution in [-0.4, -0.2) is 29.5 Å². The summed E-state index contributed by atoms with van der Waals surface area (Å²) in [6.07, 6.45) is 5.11. The predicted molar refractivity (Wildman–Crippen MR) is 91.1 cm³/mol. The van der Waals surface area contributed by atoms with Crippen LogP contribution in [0.2, 0.25) is 0 Å². The smallest absolute Gasteiger partial charge is 0.292 e. The Bertz CT molecular complexity index is 693. The molecule has 0 radical (unpaired) electrons. The predicted octanol–water partition coefficient (Wildman–Crippen LogP) is 2.69. The van der Waals surface area contributed by atoms with Crippen molar-refractivity contribution in [2.24, 2.45) is 0 Å². The van der Waals surface area contributed by atoms with Gasteiger partial charge in [-0.3, -0.25) is 0 Å². The topological polar surface area (TPSA) is 44.6 Å². The normalized spacial score (nSPS) is 21.3. The van der Waals surface area contributed by atoms with Crippen molar-refractivity contribution in [3.63, 3.8) is 0 Å². The molecular weight excluding hydrogens is 310 g/mol. The van der Waals surface area contributed by atoms with Crippen molar-refractivity contribution >= 4 is 12.2 Å². The number of rotatable bonds is 5. The zero-order valence-corrected chi connectivity index (χ0v) is 14.6. The van der Waals surface area contributed by atoms with Crippen molar-refractivity contribution in [2.75, 3.05) is 13.7 Å². The van der Waals surface area contributed by atoms with Gasteiger partial charge in [0.1, 0.15) is 5.75 Å². The van der Waals surface area contributed by atoms with Crippen LogP contribution >= 0.6 is 12.2 Å². The van der Waals surface area contributed by atoms with E-state index in [0.717, 1.165) is 18.0 Å². The zero-order chi connectivity index (χ0) is 16.2. The summed E-state index contributed by atoms with van der Waals surface area (Å²) in [5, 5.41) is 4.58. The minimum atomic E-state index is 0.448. The van der Waals surface area contributed by atoms with E-state index in [-0.39, 0.29) is 0 Å². The van der Waals surface area contributed by atoms with Gasteiger partial charge in [0.25, 0.3) is 4.84 Å². The van der Waals surface area contributed by atoms with Gasteiger partial charge in [0, 0.05) is 5.56 Å². The van der Waals surface area contributed by atoms with Crippen molar-refractivity contribution in [2.45, 2.75) is 45.3 Å². The van der Waals surface area contributed by atoms with Gasteiger partial charge in [-0.05, 0) is 62.2 Å². The molecule has 1 aromatic carbocycles. The molecule has 1 unspecified atom stereocenters. The molecule has 5 nitrogen and oxygen atoms in total. The largest absolute Gasteiger partial charge is 0.497 e. The fourth-order valence-corrected chi connectivity index (χ4v) is 3.49. The van der Waals surface area contributed by atoms with Gasteiger partial charge in [-0.2, -0.15) is 4.68 Å². The van der Waals surface area contributed by atoms with Gasteiger partial charge >= 0.3 is 0 Å². The van der Waals surface area contributed by atoms with E-state index in [1.807, 2.05) is 28.9 Å². The Labute approximate surface area is 141 Å². The Morgan fingerprint density at radius 3 is 2.83 bits per heavy atom. The molecule has 1 aliphatic rings. The molecule has 3 rings (SSSR count). The van der Waals surface area contributed by atoms with Crippen LogP contribution in [0.15, 0.2) is 28.7 Å². The van der Waals surface area contributed by atoms with Crippen LogP contribution < -0.4 is 9.64 Å². The van der Waals surface area contributed by atoms with Gasteiger partial charge in [0.2, 0.25) is 5.89 Å². The van der Waals surface area contributed by atoms with Crippen LogP contribution in [0.4, 0.5) is 0 Å². The van der Waals surface area contributed by atoms with E-state index < -0.39 is 0 Å². The summed E-state index contributed by atoms with van der Waals surface area (Å²) in [7, 11) is 1.65. The quantitative estimate of drug-likeness (QED) is 0.854. The molecular formula is C17H24N3O2S+. The summed E-state index contributed by atoms with van der Waals surface area (Å²) >= 11 is 5.36. The maximum atomic E-state index is 5.70. The molecule has 0 spiro atoms. The highest BCUT2D eigenvalue weighted by atomic mass is 32.1. The van der Waals surface area contributed by atoms with E-state index in [2.05, 4.69) is 12.0 Å². The fourth-order valence-electron chi connectivity index (χ4n) is 3.30. The summed E-state index contributed by atoms with van der Waals surface area (Å²) < 4.78 is 12.7. The maximum absolute atomic E-state index is 5.70. The second-order valence-corrected chi connectivity index (χ2v) is 6.42. The molecule has 1 N–H and O–H groups in total. The minimum absolute atomic E-state index is 0.448. The van der Waals surface area contributed by atoms with E-state index >= 15 is 0 Å². The van der Waals surface area contributed by atoms with Crippen molar-refractivity contribution in [1.82, 2.24) is 9.78 Å². The molecule has 2 atom stereocenters. The molecule has 0 saturated carbocycles. The number of hydrogen-bond donors (Lipinski definition) is 1. The number of ether oxygens (including phenoxy) is 1. The molecule has 0 bridgehead atoms. The Morgan fingerprint density at radius 2 is 2.13 bits per heavy atom. The van der Waals surface area contributed by atoms with Gasteiger partial charge < -0.3 is 14.1 Å². The molecule has 23 heavy (non-hydrogen) atoms. The standard InChI is InChI=1S/C17H23N3O2S/c1-3-14-6-4-5-11-19(14)12-20-17(23)22-16(18-20)13-7-9-15(21-2)10-8-13/h7-10,14H,3-6,11-12H2,1-2H3/p+1/t14-/m0/s1. The maximum Gasteiger partial charge on any atom is 0.292 e. The van der Waals surface area contributed by atoms with Crippen molar-refractivity contribution in [3.8, 4) is 17.2 Å². The van der Waals surface area contributed by atoms with Crippen LogP contribution in [0.25, 0.3) is 11.5 Å². The van der Waals surface area contributed by atoms with Crippen LogP contribution in [0, 0.1) is 4.84 Å². The highest BCUT2D eigenvalue weighted by Gasteiger charge is 2.25. The minimum Gasteiger partial charge on any atom is -0.497 e. The third kappa shape index (κ3) is 3.64. The first-order chi connectivity index (χ1) is 11.2. The molecule has 1 aromatic heterocycles. The lowest BCUT2D eigenvalue weighted by Crippen LogP contribution is -3.15. The van der Waals surface area contributed by atoms with E-state index in [1.165, 1.54) is 32.2 Å². The average Bonchev–Trinajstić information content (AvgIpc) is 2.96. The second-order valence-electron chi connectivity index (χ2n) is 6.07. The highest BCUT2D eigenvalue weighted by molar-refractivity contribution is 7.71. The molecule has 6 heteroatoms. The molecule has 1 saturated heterocycles. The molecule has 1 aliphatic heterocycles. The first-order valence-corrected chi connectivity index (χ1v) is 8.69. The number of benzene rings is 1. The number of aromatic nitrogens is 2. The Hall–Kier alpha value is -1.66. The monoisotopic (exact) mass is 334 g/mol. The summed E-state index contributed by atoms with van der Waals surface area (Å²) in [6, 6.07) is 8.37. The van der Waals surface area contributed by atoms with E-state index in [0.29, 0.717) is 16.8 Å². The van der Waals surface area contributed by atoms with Crippen LogP contribution in [0.1, 0.15) is 32.6 Å². The first kappa shape index (κ1) is 16.2. The lowest BCUT2D eigenvalue weighted by molar-refractivity contribution is -0.953. The SMILES string of the molecule is CC[C@H]1CCCC[NH+]1Cn1nc(-c2ccc(OC)cc2)oc1=S. The van der Waals surface area contributed by atoms with E-state index in [4.69, 9.17) is 21.4 Å². The fraction of sp³-hybridized carbons (Fsp3) is 0.529. The number of nitrogens with zero attached hydrogens (tertiary/aromatic N) is 2. The average molecular weight is 334 g/mol. The molecule has 0 aliphatic carbocycles. The lowest BCUT2D eigenvalue weighted by atomic mass is 10.0. The Morgan fingerprint density at radius 1 is 1.35 bits per heavy atom. The Kier molecular flexibility index (Phi) is 5.13. The summed E-state index contributed by atoms with van der Waals surface area (Å²) in [5.74, 6) is 1.39. The van der Waals surface area contributed by atoms with Crippen molar-refractivity contribution in [3.05, 3.63) is 29.1 Å². The summed E-state index contributed by atoms with van der Waals surface area (Å²) in [5.41, 5.74) is 0.913. The molecule has 0 amide bonds. The molecule has 1 fully saturated rings. The number of methoxy groups -OCH3 is 1. The van der Waals surface area contributed by atoms with E-state index in [9.17, 15) is 0 Å². The first-order valence-electron chi connectivity index (χ1n) is 8.28. The lowest BCUT2D eigenvalue weighted by Gasteiger charge is -2.31. The molecule has 2 aromatic rings. The third-order valence-electron chi connectivity index (χ3n) is 4.67. The second kappa shape index (κ2) is 7.27. The van der Waals surface area contributed by atoms with Gasteiger partial charge in [-0.1, -0.05) is 6.92 Å². The number of hydrogen-bond acceptors (Lipinski definition) is 4. The highest BCUT2D eigenvalue weighted by Crippen LogP contribution is 2.21. The van der Waals surface area contributed by atoms with Gasteiger partial charge in [0.05, 0.1) is 19.7 Å². The zero-order valence-electron chi connectivity index (χ0n) is 13.7. The Balaban J connectivity index is 1.78.